The van der Waals surface area contributed by atoms with Crippen LogP contribution in [0.15, 0.2) is 24.5 Å². The van der Waals surface area contributed by atoms with Crippen molar-refractivity contribution in [1.82, 2.24) is 20.2 Å². The molecule has 3 fully saturated rings. The Labute approximate surface area is 219 Å². The first-order valence-electron chi connectivity index (χ1n) is 12.0. The number of alkyl halides is 4. The Balaban J connectivity index is 1.34. The lowest BCUT2D eigenvalue weighted by atomic mass is 9.83. The van der Waals surface area contributed by atoms with Gasteiger partial charge in [0, 0.05) is 29.4 Å². The molecule has 2 aliphatic heterocycles. The summed E-state index contributed by atoms with van der Waals surface area (Å²) in [6, 6.07) is 1.57. The van der Waals surface area contributed by atoms with Crippen LogP contribution in [0, 0.1) is 5.92 Å². The summed E-state index contributed by atoms with van der Waals surface area (Å²) in [5.41, 5.74) is 0.341. The summed E-state index contributed by atoms with van der Waals surface area (Å²) in [5.74, 6) is -2.34. The Hall–Kier alpha value is -2.57. The zero-order valence-corrected chi connectivity index (χ0v) is 21.1. The quantitative estimate of drug-likeness (QED) is 0.564. The van der Waals surface area contributed by atoms with Gasteiger partial charge in [0.1, 0.15) is 24.8 Å². The maximum atomic E-state index is 13.7. The van der Waals surface area contributed by atoms with Crippen molar-refractivity contribution in [2.75, 3.05) is 13.2 Å². The van der Waals surface area contributed by atoms with Gasteiger partial charge in [-0.05, 0) is 30.9 Å². The summed E-state index contributed by atoms with van der Waals surface area (Å²) in [6.07, 6.45) is 1.40. The Morgan fingerprint density at radius 1 is 1.16 bits per heavy atom. The molecule has 2 aromatic rings. The van der Waals surface area contributed by atoms with Crippen LogP contribution in [0.25, 0.3) is 10.4 Å². The first kappa shape index (κ1) is 26.1. The number of carbonyl (C=O) groups is 3. The summed E-state index contributed by atoms with van der Waals surface area (Å²) < 4.78 is 43.8. The van der Waals surface area contributed by atoms with Crippen molar-refractivity contribution in [2.45, 2.75) is 61.8 Å². The minimum Gasteiger partial charge on any atom is -0.366 e. The molecule has 0 spiro atoms. The fourth-order valence-corrected chi connectivity index (χ4v) is 6.52. The van der Waals surface area contributed by atoms with E-state index in [0.717, 1.165) is 55.8 Å². The fraction of sp³-hybridized carbons (Fsp3) is 0.542. The lowest BCUT2D eigenvalue weighted by Gasteiger charge is -2.34. The number of fused-ring (bicyclic) bond motifs is 1. The van der Waals surface area contributed by atoms with E-state index in [4.69, 9.17) is 16.3 Å². The van der Waals surface area contributed by atoms with Crippen LogP contribution in [-0.4, -0.2) is 69.2 Å². The van der Waals surface area contributed by atoms with Crippen molar-refractivity contribution >= 4 is 40.5 Å². The molecular weight excluding hydrogens is 533 g/mol. The Kier molecular flexibility index (Phi) is 7.25. The van der Waals surface area contributed by atoms with Crippen LogP contribution in [0.3, 0.4) is 0 Å². The average Bonchev–Trinajstić information content (AvgIpc) is 3.60. The number of thiophene rings is 1. The molecule has 3 aliphatic rings. The number of carbonyl (C=O) groups excluding carboxylic acids is 3. The Morgan fingerprint density at radius 3 is 2.54 bits per heavy atom. The topological polar surface area (TPSA) is 101 Å². The lowest BCUT2D eigenvalue weighted by molar-refractivity contribution is -0.145. The summed E-state index contributed by atoms with van der Waals surface area (Å²) in [7, 11) is 0. The molecule has 2 aromatic heterocycles. The predicted molar refractivity (Wildman–Crippen MR) is 128 cm³/mol. The molecular formula is C24H24ClF3N4O4S. The SMILES string of the molecule is O=C(NC(C(=O)N1C[C@H](Cl)[C@H]2OCC(=O)[C@H]21)C1CCCCC1)c1ccc(-c2cnc(C(F)(F)F)nc2)s1. The Bertz CT molecular complexity index is 1190. The molecule has 2 saturated heterocycles. The molecule has 0 aromatic carbocycles. The van der Waals surface area contributed by atoms with Crippen molar-refractivity contribution in [3.63, 3.8) is 0 Å². The number of aromatic nitrogens is 2. The van der Waals surface area contributed by atoms with E-state index in [1.54, 1.807) is 12.1 Å². The number of halogens is 4. The van der Waals surface area contributed by atoms with Gasteiger partial charge >= 0.3 is 6.18 Å². The molecule has 2 amide bonds. The molecule has 13 heteroatoms. The second-order valence-electron chi connectivity index (χ2n) is 9.50. The van der Waals surface area contributed by atoms with E-state index in [2.05, 4.69) is 15.3 Å². The molecule has 4 heterocycles. The van der Waals surface area contributed by atoms with Crippen LogP contribution in [0.4, 0.5) is 13.2 Å². The van der Waals surface area contributed by atoms with Gasteiger partial charge in [-0.3, -0.25) is 14.4 Å². The number of Topliss-reactive ketones (excluding diaryl/α,β-unsaturated/α-hetero) is 1. The first-order chi connectivity index (χ1) is 17.6. The van der Waals surface area contributed by atoms with Crippen LogP contribution >= 0.6 is 22.9 Å². The van der Waals surface area contributed by atoms with Gasteiger partial charge in [0.2, 0.25) is 11.7 Å². The van der Waals surface area contributed by atoms with Crippen LogP contribution in [0.2, 0.25) is 0 Å². The van der Waals surface area contributed by atoms with Crippen molar-refractivity contribution in [1.29, 1.82) is 0 Å². The van der Waals surface area contributed by atoms with Crippen molar-refractivity contribution in [2.24, 2.45) is 5.92 Å². The Morgan fingerprint density at radius 2 is 1.86 bits per heavy atom. The molecule has 198 valence electrons. The minimum absolute atomic E-state index is 0.0850. The third kappa shape index (κ3) is 5.23. The third-order valence-corrected chi connectivity index (χ3v) is 8.62. The van der Waals surface area contributed by atoms with Gasteiger partial charge in [0.25, 0.3) is 5.91 Å². The second-order valence-corrected chi connectivity index (χ2v) is 11.1. The smallest absolute Gasteiger partial charge is 0.366 e. The highest BCUT2D eigenvalue weighted by atomic mass is 35.5. The van der Waals surface area contributed by atoms with Crippen LogP contribution in [-0.2, 0) is 20.5 Å². The van der Waals surface area contributed by atoms with Gasteiger partial charge in [-0.1, -0.05) is 19.3 Å². The number of nitrogens with one attached hydrogen (secondary N) is 1. The van der Waals surface area contributed by atoms with E-state index in [9.17, 15) is 27.6 Å². The molecule has 1 unspecified atom stereocenters. The maximum absolute atomic E-state index is 13.7. The standard InChI is InChI=1S/C24H24ClF3N4O4S/c25-14-10-32(19-15(33)11-36-20(14)19)22(35)18(12-4-2-1-3-5-12)31-21(34)17-7-6-16(37-17)13-8-29-23(30-9-13)24(26,27)28/h6-9,12,14,18-20H,1-5,10-11H2,(H,31,34)/t14-,18?,19+,20+/m0/s1. The predicted octanol–water partition coefficient (Wildman–Crippen LogP) is 3.69. The number of nitrogens with zero attached hydrogens (tertiary/aromatic N) is 3. The molecule has 8 nitrogen and oxygen atoms in total. The first-order valence-corrected chi connectivity index (χ1v) is 13.3. The van der Waals surface area contributed by atoms with Crippen molar-refractivity contribution in [3.8, 4) is 10.4 Å². The highest BCUT2D eigenvalue weighted by Crippen LogP contribution is 2.35. The zero-order valence-electron chi connectivity index (χ0n) is 19.5. The number of ether oxygens (including phenoxy) is 1. The second kappa shape index (κ2) is 10.3. The van der Waals surface area contributed by atoms with Gasteiger partial charge in [-0.15, -0.1) is 22.9 Å². The van der Waals surface area contributed by atoms with Crippen molar-refractivity contribution in [3.05, 3.63) is 35.2 Å². The maximum Gasteiger partial charge on any atom is 0.451 e. The summed E-state index contributed by atoms with van der Waals surface area (Å²) in [5, 5.41) is 2.38. The number of amides is 2. The fourth-order valence-electron chi connectivity index (χ4n) is 5.28. The van der Waals surface area contributed by atoms with Gasteiger partial charge < -0.3 is 15.0 Å². The minimum atomic E-state index is -4.65. The van der Waals surface area contributed by atoms with Crippen LogP contribution in [0.5, 0.6) is 0 Å². The number of hydrogen-bond donors (Lipinski definition) is 1. The average molecular weight is 557 g/mol. The number of ketones is 1. The normalized spacial score (nSPS) is 25.2. The van der Waals surface area contributed by atoms with E-state index in [1.165, 1.54) is 4.90 Å². The lowest BCUT2D eigenvalue weighted by Crippen LogP contribution is -2.55. The van der Waals surface area contributed by atoms with Gasteiger partial charge in [-0.2, -0.15) is 13.2 Å². The molecule has 0 radical (unpaired) electrons. The molecule has 5 rings (SSSR count). The molecule has 1 saturated carbocycles. The van der Waals surface area contributed by atoms with E-state index >= 15 is 0 Å². The third-order valence-electron chi connectivity index (χ3n) is 7.10. The van der Waals surface area contributed by atoms with Gasteiger partial charge in [0.15, 0.2) is 5.78 Å². The molecule has 0 bridgehead atoms. The highest BCUT2D eigenvalue weighted by molar-refractivity contribution is 7.17. The van der Waals surface area contributed by atoms with Crippen molar-refractivity contribution < 1.29 is 32.3 Å². The largest absolute Gasteiger partial charge is 0.451 e. The number of likely N-dealkylation sites (tertiary alicyclic amines) is 1. The van der Waals surface area contributed by atoms with E-state index in [0.29, 0.717) is 15.3 Å². The molecule has 1 N–H and O–H groups in total. The van der Waals surface area contributed by atoms with Crippen LogP contribution < -0.4 is 5.32 Å². The van der Waals surface area contributed by atoms with E-state index in [-0.39, 0.29) is 30.8 Å². The van der Waals surface area contributed by atoms with Gasteiger partial charge in [-0.25, -0.2) is 9.97 Å². The van der Waals surface area contributed by atoms with E-state index in [1.807, 2.05) is 0 Å². The van der Waals surface area contributed by atoms with Gasteiger partial charge in [0.05, 0.1) is 10.3 Å². The van der Waals surface area contributed by atoms with E-state index < -0.39 is 41.5 Å². The zero-order chi connectivity index (χ0) is 26.3. The monoisotopic (exact) mass is 556 g/mol. The molecule has 4 atom stereocenters. The molecule has 37 heavy (non-hydrogen) atoms. The number of hydrogen-bond acceptors (Lipinski definition) is 7. The molecule has 1 aliphatic carbocycles. The summed E-state index contributed by atoms with van der Waals surface area (Å²) in [4.78, 5) is 48.4. The van der Waals surface area contributed by atoms with Crippen LogP contribution in [0.1, 0.15) is 47.6 Å². The number of rotatable bonds is 5. The summed E-state index contributed by atoms with van der Waals surface area (Å²) >= 11 is 7.44. The highest BCUT2D eigenvalue weighted by Gasteiger charge is 2.53. The summed E-state index contributed by atoms with van der Waals surface area (Å²) in [6.45, 7) is 0.0754.